The van der Waals surface area contributed by atoms with Crippen LogP contribution in [0.1, 0.15) is 0 Å². The Morgan fingerprint density at radius 2 is 2.00 bits per heavy atom. The van der Waals surface area contributed by atoms with Crippen LogP contribution in [0.3, 0.4) is 0 Å². The fourth-order valence-corrected chi connectivity index (χ4v) is 0. The van der Waals surface area contributed by atoms with Crippen LogP contribution in [0.5, 0.6) is 0 Å². The van der Waals surface area contributed by atoms with Gasteiger partial charge in [-0.3, -0.25) is 0 Å². The van der Waals surface area contributed by atoms with Crippen molar-refractivity contribution in [2.24, 2.45) is 0 Å². The van der Waals surface area contributed by atoms with E-state index < -0.39 is 0 Å². The Bertz CT molecular complexity index is 23.6. The van der Waals surface area contributed by atoms with Gasteiger partial charge in [0.25, 0.3) is 0 Å². The molecule has 1 nitrogen and oxygen atoms in total. The summed E-state index contributed by atoms with van der Waals surface area (Å²) in [4.78, 5) is 9.15. The fourth-order valence-electron chi connectivity index (χ4n) is 0. The molecule has 0 aliphatic carbocycles. The van der Waals surface area contributed by atoms with E-state index in [1.54, 1.807) is 0 Å². The molecule has 1 unspecified atom stereocenters. The third kappa shape index (κ3) is 11.7. The molecular formula is C2H5OPPd. The van der Waals surface area contributed by atoms with Gasteiger partial charge in [0, 0.05) is 26.6 Å². The molecule has 0 aliphatic heterocycles. The minimum Gasteiger partial charge on any atom is -0.303 e. The summed E-state index contributed by atoms with van der Waals surface area (Å²) < 4.78 is 0. The van der Waals surface area contributed by atoms with Gasteiger partial charge in [0.15, 0.2) is 0 Å². The molecule has 0 N–H and O–H groups in total. The normalized spacial score (nSPS) is 5.00. The summed E-state index contributed by atoms with van der Waals surface area (Å²) in [6.45, 7) is 0. The van der Waals surface area contributed by atoms with Crippen LogP contribution in [0.15, 0.2) is 0 Å². The second kappa shape index (κ2) is 8.83. The van der Waals surface area contributed by atoms with Gasteiger partial charge in [0.1, 0.15) is 6.29 Å². The van der Waals surface area contributed by atoms with E-state index in [-0.39, 0.29) is 20.4 Å². The minimum absolute atomic E-state index is 0. The zero-order chi connectivity index (χ0) is 3.41. The zero-order valence-corrected chi connectivity index (χ0v) is 5.30. The van der Waals surface area contributed by atoms with E-state index in [9.17, 15) is 0 Å². The molecule has 0 saturated heterocycles. The van der Waals surface area contributed by atoms with Crippen LogP contribution in [0.4, 0.5) is 0 Å². The minimum atomic E-state index is 0. The summed E-state index contributed by atoms with van der Waals surface area (Å²) in [6.07, 6.45) is 1.39. The monoisotopic (exact) mass is 182 g/mol. The number of hydrogen-bond acceptors (Lipinski definition) is 1. The Kier molecular flexibility index (Phi) is 16.3. The molecule has 0 saturated carbocycles. The summed E-state index contributed by atoms with van der Waals surface area (Å²) in [5.41, 5.74) is 0. The van der Waals surface area contributed by atoms with Gasteiger partial charge in [-0.15, -0.1) is 9.24 Å². The van der Waals surface area contributed by atoms with E-state index in [4.69, 9.17) is 4.79 Å². The molecule has 0 aromatic carbocycles. The Morgan fingerprint density at radius 3 is 2.00 bits per heavy atom. The van der Waals surface area contributed by atoms with Crippen molar-refractivity contribution in [1.29, 1.82) is 0 Å². The van der Waals surface area contributed by atoms with E-state index in [1.165, 1.54) is 0 Å². The number of carbonyl (C=O) groups excluding carboxylic acids is 1. The topological polar surface area (TPSA) is 17.1 Å². The van der Waals surface area contributed by atoms with E-state index in [0.717, 1.165) is 6.29 Å². The largest absolute Gasteiger partial charge is 0.303 e. The number of aldehydes is 1. The first kappa shape index (κ1) is 9.23. The maximum atomic E-state index is 9.15. The standard InChI is InChI=1S/C2H5OP.Pd/c3-1-2-4;/h1H,2,4H2;. The fraction of sp³-hybridized carbons (Fsp3) is 0.500. The summed E-state index contributed by atoms with van der Waals surface area (Å²) in [5.74, 6) is 0. The molecule has 1 atom stereocenters. The predicted octanol–water partition coefficient (Wildman–Crippen LogP) is 0.0579. The molecule has 0 radical (unpaired) electrons. The Hall–Kier alpha value is 0.762. The van der Waals surface area contributed by atoms with Gasteiger partial charge < -0.3 is 4.79 Å². The SMILES string of the molecule is O=CCP.[Pd]. The Labute approximate surface area is 47.4 Å². The average molecular weight is 182 g/mol. The van der Waals surface area contributed by atoms with Gasteiger partial charge in [-0.1, -0.05) is 0 Å². The van der Waals surface area contributed by atoms with Gasteiger partial charge in [-0.05, 0) is 0 Å². The second-order valence-electron chi connectivity index (χ2n) is 0.402. The van der Waals surface area contributed by atoms with Crippen LogP contribution in [0.25, 0.3) is 0 Å². The van der Waals surface area contributed by atoms with E-state index in [0.29, 0.717) is 6.16 Å². The van der Waals surface area contributed by atoms with Crippen molar-refractivity contribution in [3.8, 4) is 0 Å². The molecule has 5 heavy (non-hydrogen) atoms. The quantitative estimate of drug-likeness (QED) is 0.318. The average Bonchev–Trinajstić information content (AvgIpc) is 1.37. The number of rotatable bonds is 1. The van der Waals surface area contributed by atoms with Gasteiger partial charge in [-0.25, -0.2) is 0 Å². The molecule has 0 amide bonds. The molecule has 0 aromatic rings. The summed E-state index contributed by atoms with van der Waals surface area (Å²) in [6, 6.07) is 0. The molecule has 0 spiro atoms. The van der Waals surface area contributed by atoms with Crippen molar-refractivity contribution in [3.05, 3.63) is 0 Å². The predicted molar refractivity (Wildman–Crippen MR) is 20.6 cm³/mol. The van der Waals surface area contributed by atoms with Gasteiger partial charge in [0.05, 0.1) is 0 Å². The molecule has 34 valence electrons. The molecule has 0 aliphatic rings. The molecule has 3 heteroatoms. The van der Waals surface area contributed by atoms with Crippen LogP contribution < -0.4 is 0 Å². The van der Waals surface area contributed by atoms with Crippen molar-refractivity contribution >= 4 is 15.5 Å². The first-order valence-electron chi connectivity index (χ1n) is 1.05. The third-order valence-electron chi connectivity index (χ3n) is 0.0962. The van der Waals surface area contributed by atoms with Crippen molar-refractivity contribution in [2.45, 2.75) is 0 Å². The van der Waals surface area contributed by atoms with E-state index in [2.05, 4.69) is 9.24 Å². The van der Waals surface area contributed by atoms with Crippen molar-refractivity contribution < 1.29 is 25.2 Å². The molecule has 0 fully saturated rings. The summed E-state index contributed by atoms with van der Waals surface area (Å²) >= 11 is 0. The zero-order valence-electron chi connectivity index (χ0n) is 2.59. The maximum absolute atomic E-state index is 9.15. The Balaban J connectivity index is 0. The maximum Gasteiger partial charge on any atom is 0.123 e. The van der Waals surface area contributed by atoms with Gasteiger partial charge in [-0.2, -0.15) is 0 Å². The molecule has 0 heterocycles. The number of hydrogen-bond donors (Lipinski definition) is 0. The molecule has 0 bridgehead atoms. The third-order valence-corrected chi connectivity index (χ3v) is 0.289. The molecule has 0 aromatic heterocycles. The van der Waals surface area contributed by atoms with E-state index in [1.807, 2.05) is 0 Å². The van der Waals surface area contributed by atoms with Crippen molar-refractivity contribution in [1.82, 2.24) is 0 Å². The second-order valence-corrected chi connectivity index (χ2v) is 0.874. The van der Waals surface area contributed by atoms with Crippen LogP contribution in [-0.2, 0) is 25.2 Å². The smallest absolute Gasteiger partial charge is 0.123 e. The van der Waals surface area contributed by atoms with Gasteiger partial charge in [0.2, 0.25) is 0 Å². The Morgan fingerprint density at radius 1 is 1.80 bits per heavy atom. The van der Waals surface area contributed by atoms with Crippen LogP contribution >= 0.6 is 9.24 Å². The van der Waals surface area contributed by atoms with Crippen molar-refractivity contribution in [2.75, 3.05) is 6.16 Å². The first-order chi connectivity index (χ1) is 1.91. The molecular weight excluding hydrogens is 177 g/mol. The van der Waals surface area contributed by atoms with Crippen LogP contribution in [0.2, 0.25) is 0 Å². The first-order valence-corrected chi connectivity index (χ1v) is 1.87. The van der Waals surface area contributed by atoms with Crippen LogP contribution in [-0.4, -0.2) is 12.4 Å². The van der Waals surface area contributed by atoms with E-state index >= 15 is 0 Å². The molecule has 0 rings (SSSR count). The van der Waals surface area contributed by atoms with Crippen LogP contribution in [0, 0.1) is 0 Å². The summed E-state index contributed by atoms with van der Waals surface area (Å²) in [5, 5.41) is 0. The summed E-state index contributed by atoms with van der Waals surface area (Å²) in [7, 11) is 2.29. The number of carbonyl (C=O) groups is 1. The van der Waals surface area contributed by atoms with Gasteiger partial charge >= 0.3 is 0 Å². The van der Waals surface area contributed by atoms with Crippen molar-refractivity contribution in [3.63, 3.8) is 0 Å².